The van der Waals surface area contributed by atoms with Gasteiger partial charge >= 0.3 is 0 Å². The Labute approximate surface area is 131 Å². The van der Waals surface area contributed by atoms with Gasteiger partial charge < -0.3 is 0 Å². The zero-order chi connectivity index (χ0) is 15.5. The van der Waals surface area contributed by atoms with Gasteiger partial charge in [-0.2, -0.15) is 0 Å². The first kappa shape index (κ1) is 15.9. The van der Waals surface area contributed by atoms with Gasteiger partial charge in [0.1, 0.15) is 0 Å². The largest absolute Gasteiger partial charge is 0.280 e. The third kappa shape index (κ3) is 3.99. The predicted molar refractivity (Wildman–Crippen MR) is 87.6 cm³/mol. The Hall–Kier alpha value is -1.52. The summed E-state index contributed by atoms with van der Waals surface area (Å²) < 4.78 is 27.3. The van der Waals surface area contributed by atoms with E-state index in [1.54, 1.807) is 30.3 Å². The van der Waals surface area contributed by atoms with Crippen LogP contribution in [-0.2, 0) is 16.4 Å². The number of rotatable bonds is 5. The molecule has 0 saturated carbocycles. The highest BCUT2D eigenvalue weighted by molar-refractivity contribution is 7.92. The summed E-state index contributed by atoms with van der Waals surface area (Å²) >= 11 is 5.67. The van der Waals surface area contributed by atoms with Gasteiger partial charge in [0.05, 0.1) is 4.90 Å². The zero-order valence-electron chi connectivity index (χ0n) is 12.1. The molecule has 5 heteroatoms. The summed E-state index contributed by atoms with van der Waals surface area (Å²) in [5, 5.41) is 0. The lowest BCUT2D eigenvalue weighted by atomic mass is 10.1. The fraction of sp³-hybridized carbons (Fsp3) is 0.250. The molecule has 0 radical (unpaired) electrons. The van der Waals surface area contributed by atoms with Crippen LogP contribution in [0.25, 0.3) is 0 Å². The van der Waals surface area contributed by atoms with E-state index in [1.165, 1.54) is 0 Å². The van der Waals surface area contributed by atoms with Crippen molar-refractivity contribution in [2.75, 3.05) is 10.6 Å². The molecular weight excluding hydrogens is 306 g/mol. The highest BCUT2D eigenvalue weighted by Gasteiger charge is 2.14. The molecule has 0 heterocycles. The van der Waals surface area contributed by atoms with Gasteiger partial charge in [0.25, 0.3) is 10.0 Å². The van der Waals surface area contributed by atoms with Crippen LogP contribution in [0.2, 0.25) is 0 Å². The van der Waals surface area contributed by atoms with Crippen molar-refractivity contribution in [1.82, 2.24) is 0 Å². The van der Waals surface area contributed by atoms with Crippen molar-refractivity contribution >= 4 is 27.3 Å². The van der Waals surface area contributed by atoms with E-state index in [0.29, 0.717) is 11.6 Å². The molecule has 0 atom stereocenters. The smallest absolute Gasteiger partial charge is 0.261 e. The number of aryl methyl sites for hydroxylation is 3. The number of benzene rings is 2. The van der Waals surface area contributed by atoms with Crippen molar-refractivity contribution in [3.05, 3.63) is 59.2 Å². The van der Waals surface area contributed by atoms with Crippen LogP contribution in [0.15, 0.2) is 47.4 Å². The molecule has 0 spiro atoms. The van der Waals surface area contributed by atoms with Crippen LogP contribution in [0.3, 0.4) is 0 Å². The Morgan fingerprint density at radius 1 is 1.00 bits per heavy atom. The maximum absolute atomic E-state index is 12.3. The van der Waals surface area contributed by atoms with Gasteiger partial charge in [-0.25, -0.2) is 8.42 Å². The van der Waals surface area contributed by atoms with Crippen molar-refractivity contribution < 1.29 is 8.42 Å². The second kappa shape index (κ2) is 6.50. The van der Waals surface area contributed by atoms with Gasteiger partial charge in [-0.15, -0.1) is 11.6 Å². The van der Waals surface area contributed by atoms with Gasteiger partial charge in [0.15, 0.2) is 0 Å². The lowest BCUT2D eigenvalue weighted by Gasteiger charge is -2.10. The van der Waals surface area contributed by atoms with Crippen molar-refractivity contribution in [1.29, 1.82) is 0 Å². The first-order valence-electron chi connectivity index (χ1n) is 6.67. The molecule has 0 aliphatic carbocycles. The van der Waals surface area contributed by atoms with E-state index in [1.807, 2.05) is 26.0 Å². The Kier molecular flexibility index (Phi) is 4.91. The van der Waals surface area contributed by atoms with E-state index in [-0.39, 0.29) is 4.90 Å². The van der Waals surface area contributed by atoms with Crippen LogP contribution in [0, 0.1) is 13.8 Å². The van der Waals surface area contributed by atoms with E-state index in [0.717, 1.165) is 23.1 Å². The second-order valence-electron chi connectivity index (χ2n) is 4.99. The van der Waals surface area contributed by atoms with E-state index in [4.69, 9.17) is 11.6 Å². The fourth-order valence-corrected chi connectivity index (χ4v) is 3.23. The zero-order valence-corrected chi connectivity index (χ0v) is 13.6. The SMILES string of the molecule is Cc1ccc(NS(=O)(=O)c2ccc(CCCl)cc2)cc1C. The van der Waals surface area contributed by atoms with Crippen LogP contribution in [0.5, 0.6) is 0 Å². The summed E-state index contributed by atoms with van der Waals surface area (Å²) in [7, 11) is -3.56. The number of hydrogen-bond acceptors (Lipinski definition) is 2. The third-order valence-electron chi connectivity index (χ3n) is 3.38. The molecule has 0 saturated heterocycles. The summed E-state index contributed by atoms with van der Waals surface area (Å²) in [4.78, 5) is 0.249. The van der Waals surface area contributed by atoms with Gasteiger partial charge in [-0.05, 0) is 61.2 Å². The number of anilines is 1. The van der Waals surface area contributed by atoms with E-state index < -0.39 is 10.0 Å². The maximum atomic E-state index is 12.3. The summed E-state index contributed by atoms with van der Waals surface area (Å²) in [5.41, 5.74) is 3.77. The van der Waals surface area contributed by atoms with Crippen LogP contribution in [-0.4, -0.2) is 14.3 Å². The molecule has 2 rings (SSSR count). The molecule has 0 amide bonds. The van der Waals surface area contributed by atoms with E-state index >= 15 is 0 Å². The summed E-state index contributed by atoms with van der Waals surface area (Å²) in [5.74, 6) is 0.521. The predicted octanol–water partition coefficient (Wildman–Crippen LogP) is 3.89. The Morgan fingerprint density at radius 2 is 1.67 bits per heavy atom. The fourth-order valence-electron chi connectivity index (χ4n) is 1.96. The third-order valence-corrected chi connectivity index (χ3v) is 4.96. The van der Waals surface area contributed by atoms with Crippen LogP contribution in [0.1, 0.15) is 16.7 Å². The average molecular weight is 324 g/mol. The van der Waals surface area contributed by atoms with Crippen LogP contribution >= 0.6 is 11.6 Å². The van der Waals surface area contributed by atoms with Crippen LogP contribution < -0.4 is 4.72 Å². The van der Waals surface area contributed by atoms with Crippen molar-refractivity contribution in [2.45, 2.75) is 25.2 Å². The quantitative estimate of drug-likeness (QED) is 0.849. The monoisotopic (exact) mass is 323 g/mol. The number of sulfonamides is 1. The van der Waals surface area contributed by atoms with Crippen molar-refractivity contribution in [3.63, 3.8) is 0 Å². The molecule has 0 unspecified atom stereocenters. The topological polar surface area (TPSA) is 46.2 Å². The first-order chi connectivity index (χ1) is 9.92. The Morgan fingerprint density at radius 3 is 2.24 bits per heavy atom. The van der Waals surface area contributed by atoms with E-state index in [9.17, 15) is 8.42 Å². The first-order valence-corrected chi connectivity index (χ1v) is 8.69. The molecule has 3 nitrogen and oxygen atoms in total. The van der Waals surface area contributed by atoms with Gasteiger partial charge in [-0.1, -0.05) is 18.2 Å². The van der Waals surface area contributed by atoms with Crippen molar-refractivity contribution in [2.24, 2.45) is 0 Å². The molecule has 0 bridgehead atoms. The molecule has 2 aromatic carbocycles. The normalized spacial score (nSPS) is 11.4. The molecule has 2 aromatic rings. The summed E-state index contributed by atoms with van der Waals surface area (Å²) in [6.45, 7) is 3.94. The minimum Gasteiger partial charge on any atom is -0.280 e. The van der Waals surface area contributed by atoms with Gasteiger partial charge in [-0.3, -0.25) is 4.72 Å². The van der Waals surface area contributed by atoms with Crippen molar-refractivity contribution in [3.8, 4) is 0 Å². The highest BCUT2D eigenvalue weighted by atomic mass is 35.5. The lowest BCUT2D eigenvalue weighted by molar-refractivity contribution is 0.601. The molecule has 0 aromatic heterocycles. The number of alkyl halides is 1. The van der Waals surface area contributed by atoms with Gasteiger partial charge in [0, 0.05) is 11.6 Å². The molecule has 0 fully saturated rings. The molecule has 1 N–H and O–H groups in total. The second-order valence-corrected chi connectivity index (χ2v) is 7.05. The highest BCUT2D eigenvalue weighted by Crippen LogP contribution is 2.19. The standard InChI is InChI=1S/C16H18ClNO2S/c1-12-3-6-15(11-13(12)2)18-21(19,20)16-7-4-14(5-8-16)9-10-17/h3-8,11,18H,9-10H2,1-2H3. The molecule has 21 heavy (non-hydrogen) atoms. The number of halogens is 1. The number of hydrogen-bond donors (Lipinski definition) is 1. The lowest BCUT2D eigenvalue weighted by Crippen LogP contribution is -2.13. The Balaban J connectivity index is 2.23. The van der Waals surface area contributed by atoms with Gasteiger partial charge in [0.2, 0.25) is 0 Å². The Bertz CT molecular complexity index is 724. The molecular formula is C16H18ClNO2S. The summed E-state index contributed by atoms with van der Waals surface area (Å²) in [6, 6.07) is 12.3. The maximum Gasteiger partial charge on any atom is 0.261 e. The molecule has 112 valence electrons. The minimum atomic E-state index is -3.56. The van der Waals surface area contributed by atoms with Crippen LogP contribution in [0.4, 0.5) is 5.69 Å². The summed E-state index contributed by atoms with van der Waals surface area (Å²) in [6.07, 6.45) is 0.729. The minimum absolute atomic E-state index is 0.249. The number of nitrogens with one attached hydrogen (secondary N) is 1. The molecule has 0 aliphatic rings. The average Bonchev–Trinajstić information content (AvgIpc) is 2.44. The van der Waals surface area contributed by atoms with E-state index in [2.05, 4.69) is 4.72 Å². The molecule has 0 aliphatic heterocycles.